The molecule has 0 spiro atoms. The van der Waals surface area contributed by atoms with Crippen LogP contribution in [0.2, 0.25) is 0 Å². The second-order valence-corrected chi connectivity index (χ2v) is 20.4. The summed E-state index contributed by atoms with van der Waals surface area (Å²) < 4.78 is 51.2. The summed E-state index contributed by atoms with van der Waals surface area (Å²) in [6, 6.07) is 25.1. The largest absolute Gasteiger partial charge is 0.536 e. The van der Waals surface area contributed by atoms with E-state index in [9.17, 15) is 0 Å². The van der Waals surface area contributed by atoms with E-state index in [4.69, 9.17) is 39.8 Å². The highest BCUT2D eigenvalue weighted by molar-refractivity contribution is 6.95. The molecule has 218 valence electrons. The maximum absolute atomic E-state index is 5.69. The summed E-state index contributed by atoms with van der Waals surface area (Å²) in [5.74, 6) is 0. The van der Waals surface area contributed by atoms with Crippen molar-refractivity contribution in [1.82, 2.24) is 0 Å². The van der Waals surface area contributed by atoms with Gasteiger partial charge >= 0.3 is 26.4 Å². The Kier molecular flexibility index (Phi) is 11.7. The lowest BCUT2D eigenvalue weighted by Crippen LogP contribution is -2.58. The Bertz CT molecular complexity index is 1010. The third kappa shape index (κ3) is 6.17. The summed E-state index contributed by atoms with van der Waals surface area (Å²) >= 11 is 0. The summed E-state index contributed by atoms with van der Waals surface area (Å²) in [6.45, 7) is 0. The Morgan fingerprint density at radius 2 is 0.500 bits per heavy atom. The molecule has 9 nitrogen and oxygen atoms in total. The van der Waals surface area contributed by atoms with E-state index in [0.29, 0.717) is 0 Å². The normalized spacial score (nSPS) is 12.8. The Balaban J connectivity index is 2.12. The van der Waals surface area contributed by atoms with Crippen molar-refractivity contribution in [3.8, 4) is 0 Å². The fourth-order valence-corrected chi connectivity index (χ4v) is 13.3. The standard InChI is InChI=1S/C27H40O9Si4/c1-28-38(29-2,30-3)25-16-10-22(11-17-25)37(23-12-18-26(19-13-23)39(31-4,32-5)33-6)24-14-20-27(21-15-24)40(34-7,35-8)36-9/h10-21,37H,1-9H3. The van der Waals surface area contributed by atoms with E-state index in [1.807, 2.05) is 36.4 Å². The summed E-state index contributed by atoms with van der Waals surface area (Å²) in [4.78, 5) is 0. The number of benzene rings is 3. The molecule has 0 heterocycles. The molecule has 0 aromatic heterocycles. The van der Waals surface area contributed by atoms with Crippen molar-refractivity contribution in [1.29, 1.82) is 0 Å². The molecule has 0 aliphatic rings. The first-order valence-electron chi connectivity index (χ1n) is 12.6. The lowest BCUT2D eigenvalue weighted by atomic mass is 10.3. The van der Waals surface area contributed by atoms with Crippen LogP contribution in [-0.2, 0) is 39.8 Å². The van der Waals surface area contributed by atoms with Crippen LogP contribution in [0.1, 0.15) is 0 Å². The van der Waals surface area contributed by atoms with E-state index in [1.54, 1.807) is 64.0 Å². The molecule has 0 aliphatic heterocycles. The maximum Gasteiger partial charge on any atom is 0.536 e. The van der Waals surface area contributed by atoms with Crippen LogP contribution < -0.4 is 31.1 Å². The van der Waals surface area contributed by atoms with E-state index < -0.39 is 35.2 Å². The van der Waals surface area contributed by atoms with Gasteiger partial charge in [0.05, 0.1) is 0 Å². The molecular formula is C27H40O9Si4. The van der Waals surface area contributed by atoms with Crippen LogP contribution in [0.25, 0.3) is 0 Å². The molecule has 0 saturated heterocycles. The van der Waals surface area contributed by atoms with E-state index >= 15 is 0 Å². The molecule has 13 heteroatoms. The summed E-state index contributed by atoms with van der Waals surface area (Å²) in [5, 5.41) is 6.35. The van der Waals surface area contributed by atoms with Crippen LogP contribution >= 0.6 is 0 Å². The molecule has 3 aromatic carbocycles. The van der Waals surface area contributed by atoms with Crippen LogP contribution in [0.5, 0.6) is 0 Å². The fraction of sp³-hybridized carbons (Fsp3) is 0.333. The van der Waals surface area contributed by atoms with Crippen LogP contribution in [0.15, 0.2) is 72.8 Å². The Morgan fingerprint density at radius 3 is 0.650 bits per heavy atom. The average molecular weight is 621 g/mol. The van der Waals surface area contributed by atoms with Crippen molar-refractivity contribution in [2.75, 3.05) is 64.0 Å². The third-order valence-corrected chi connectivity index (χ3v) is 18.3. The van der Waals surface area contributed by atoms with Crippen molar-refractivity contribution >= 4 is 66.3 Å². The molecule has 0 unspecified atom stereocenters. The molecule has 0 N–H and O–H groups in total. The predicted molar refractivity (Wildman–Crippen MR) is 165 cm³/mol. The van der Waals surface area contributed by atoms with E-state index in [2.05, 4.69) is 36.4 Å². The molecule has 0 radical (unpaired) electrons. The maximum atomic E-state index is 5.69. The topological polar surface area (TPSA) is 83.1 Å². The minimum absolute atomic E-state index is 0.898. The van der Waals surface area contributed by atoms with Gasteiger partial charge in [0.2, 0.25) is 0 Å². The molecule has 3 aromatic rings. The highest BCUT2D eigenvalue weighted by Gasteiger charge is 2.43. The van der Waals surface area contributed by atoms with E-state index in [-0.39, 0.29) is 0 Å². The minimum atomic E-state index is -2.95. The quantitative estimate of drug-likeness (QED) is 0.160. The Morgan fingerprint density at radius 1 is 0.325 bits per heavy atom. The fourth-order valence-electron chi connectivity index (χ4n) is 5.03. The molecule has 0 fully saturated rings. The lowest BCUT2D eigenvalue weighted by Gasteiger charge is -2.27. The first-order chi connectivity index (χ1) is 19.3. The van der Waals surface area contributed by atoms with Crippen LogP contribution in [0.4, 0.5) is 0 Å². The molecule has 0 amide bonds. The van der Waals surface area contributed by atoms with Gasteiger partial charge in [-0.15, -0.1) is 0 Å². The van der Waals surface area contributed by atoms with E-state index in [0.717, 1.165) is 15.6 Å². The van der Waals surface area contributed by atoms with Crippen molar-refractivity contribution in [2.24, 2.45) is 0 Å². The second-order valence-electron chi connectivity index (χ2n) is 8.80. The van der Waals surface area contributed by atoms with Gasteiger partial charge < -0.3 is 39.8 Å². The summed E-state index contributed by atoms with van der Waals surface area (Å²) in [5.41, 5.74) is 0. The molecule has 0 bridgehead atoms. The zero-order valence-corrected chi connectivity index (χ0v) is 28.8. The van der Waals surface area contributed by atoms with Gasteiger partial charge in [-0.2, -0.15) is 0 Å². The van der Waals surface area contributed by atoms with Gasteiger partial charge in [0.25, 0.3) is 0 Å². The monoisotopic (exact) mass is 620 g/mol. The van der Waals surface area contributed by atoms with Gasteiger partial charge in [-0.25, -0.2) is 0 Å². The first-order valence-corrected chi connectivity index (χ1v) is 19.5. The molecular weight excluding hydrogens is 581 g/mol. The Hall–Kier alpha value is -1.83. The number of hydrogen-bond acceptors (Lipinski definition) is 9. The van der Waals surface area contributed by atoms with Gasteiger partial charge in [-0.05, 0) is 0 Å². The van der Waals surface area contributed by atoms with Crippen LogP contribution in [0.3, 0.4) is 0 Å². The molecule has 40 heavy (non-hydrogen) atoms. The molecule has 0 saturated carbocycles. The zero-order valence-electron chi connectivity index (χ0n) is 24.7. The van der Waals surface area contributed by atoms with Crippen molar-refractivity contribution in [3.63, 3.8) is 0 Å². The summed E-state index contributed by atoms with van der Waals surface area (Å²) in [7, 11) is 3.72. The smallest absolute Gasteiger partial charge is 0.373 e. The predicted octanol–water partition coefficient (Wildman–Crippen LogP) is -0.810. The lowest BCUT2D eigenvalue weighted by molar-refractivity contribution is 0.140. The third-order valence-electron chi connectivity index (χ3n) is 7.21. The van der Waals surface area contributed by atoms with Gasteiger partial charge in [-0.1, -0.05) is 88.4 Å². The first kappa shape index (κ1) is 32.7. The van der Waals surface area contributed by atoms with Crippen LogP contribution in [0, 0.1) is 0 Å². The number of hydrogen-bond donors (Lipinski definition) is 0. The van der Waals surface area contributed by atoms with Crippen molar-refractivity contribution in [3.05, 3.63) is 72.8 Å². The van der Waals surface area contributed by atoms with Crippen molar-refractivity contribution in [2.45, 2.75) is 0 Å². The zero-order chi connectivity index (χ0) is 29.4. The molecule has 0 atom stereocenters. The molecule has 3 rings (SSSR count). The highest BCUT2D eigenvalue weighted by Crippen LogP contribution is 2.09. The molecule has 0 aliphatic carbocycles. The Labute approximate surface area is 242 Å². The summed E-state index contributed by atoms with van der Waals surface area (Å²) in [6.07, 6.45) is 0. The van der Waals surface area contributed by atoms with Gasteiger partial charge in [0, 0.05) is 79.5 Å². The van der Waals surface area contributed by atoms with Gasteiger partial charge in [0.15, 0.2) is 0 Å². The van der Waals surface area contributed by atoms with Crippen molar-refractivity contribution < 1.29 is 39.8 Å². The second kappa shape index (κ2) is 14.4. The van der Waals surface area contributed by atoms with Gasteiger partial charge in [0.1, 0.15) is 8.80 Å². The SMILES string of the molecule is CO[Si](OC)(OC)c1ccc([SiH](c2ccc([Si](OC)(OC)OC)cc2)c2ccc([Si](OC)(OC)OC)cc2)cc1. The highest BCUT2D eigenvalue weighted by atomic mass is 28.4. The number of rotatable bonds is 15. The van der Waals surface area contributed by atoms with Gasteiger partial charge in [-0.3, -0.25) is 0 Å². The minimum Gasteiger partial charge on any atom is -0.373 e. The van der Waals surface area contributed by atoms with E-state index in [1.165, 1.54) is 15.6 Å². The van der Waals surface area contributed by atoms with Crippen LogP contribution in [-0.4, -0.2) is 99.2 Å². The average Bonchev–Trinajstić information content (AvgIpc) is 3.03.